The van der Waals surface area contributed by atoms with Crippen LogP contribution in [0.15, 0.2) is 24.3 Å². The highest BCUT2D eigenvalue weighted by atomic mass is 127. The molecule has 0 spiro atoms. The van der Waals surface area contributed by atoms with E-state index in [2.05, 4.69) is 40.1 Å². The fraction of sp³-hybridized carbons (Fsp3) is 0.462. The number of amides is 1. The second-order valence-corrected chi connectivity index (χ2v) is 5.82. The van der Waals surface area contributed by atoms with Gasteiger partial charge in [0.1, 0.15) is 0 Å². The number of carbonyl (C=O) groups excluding carboxylic acids is 1. The van der Waals surface area contributed by atoms with E-state index in [1.54, 1.807) is 0 Å². The van der Waals surface area contributed by atoms with Crippen LogP contribution in [0.3, 0.4) is 0 Å². The van der Waals surface area contributed by atoms with Crippen molar-refractivity contribution in [3.8, 4) is 0 Å². The van der Waals surface area contributed by atoms with Crippen LogP contribution in [0.25, 0.3) is 0 Å². The molecule has 2 atom stereocenters. The van der Waals surface area contributed by atoms with Crippen molar-refractivity contribution < 1.29 is 4.79 Å². The van der Waals surface area contributed by atoms with Gasteiger partial charge in [-0.2, -0.15) is 0 Å². The van der Waals surface area contributed by atoms with E-state index >= 15 is 0 Å². The van der Waals surface area contributed by atoms with E-state index < -0.39 is 0 Å². The van der Waals surface area contributed by atoms with Crippen LogP contribution in [0.5, 0.6) is 0 Å². The summed E-state index contributed by atoms with van der Waals surface area (Å²) in [5.41, 5.74) is 0.890. The second kappa shape index (κ2) is 7.31. The van der Waals surface area contributed by atoms with Gasteiger partial charge in [-0.05, 0) is 73.2 Å². The fourth-order valence-corrected chi connectivity index (χ4v) is 2.51. The quantitative estimate of drug-likeness (QED) is 0.774. The van der Waals surface area contributed by atoms with Crippen molar-refractivity contribution in [1.29, 1.82) is 0 Å². The van der Waals surface area contributed by atoms with Gasteiger partial charge in [0.05, 0.1) is 0 Å². The molecule has 0 aliphatic carbocycles. The van der Waals surface area contributed by atoms with Crippen molar-refractivity contribution in [2.24, 2.45) is 5.92 Å². The maximum absolute atomic E-state index is 12.1. The third-order valence-electron chi connectivity index (χ3n) is 3.11. The van der Waals surface area contributed by atoms with Gasteiger partial charge in [-0.3, -0.25) is 4.79 Å². The van der Waals surface area contributed by atoms with Gasteiger partial charge >= 0.3 is 0 Å². The molecule has 0 aromatic heterocycles. The zero-order valence-corrected chi connectivity index (χ0v) is 13.3. The number of rotatable bonds is 2. The van der Waals surface area contributed by atoms with Crippen LogP contribution in [0.2, 0.25) is 0 Å². The Labute approximate surface area is 128 Å². The van der Waals surface area contributed by atoms with Gasteiger partial charge in [0.15, 0.2) is 0 Å². The first-order valence-electron chi connectivity index (χ1n) is 5.95. The Hall–Kier alpha value is -0.330. The van der Waals surface area contributed by atoms with Crippen molar-refractivity contribution >= 4 is 46.6 Å². The molecule has 0 saturated carbocycles. The van der Waals surface area contributed by atoms with Gasteiger partial charge in [0.2, 0.25) is 5.91 Å². The van der Waals surface area contributed by atoms with Gasteiger partial charge in [-0.1, -0.05) is 0 Å². The minimum absolute atomic E-state index is 0. The van der Waals surface area contributed by atoms with Crippen LogP contribution in [0.1, 0.15) is 19.8 Å². The maximum Gasteiger partial charge on any atom is 0.227 e. The number of anilines is 1. The summed E-state index contributed by atoms with van der Waals surface area (Å²) in [5, 5.41) is 6.35. The van der Waals surface area contributed by atoms with Gasteiger partial charge in [0.25, 0.3) is 0 Å². The SMILES string of the molecule is C[C@H]1C[C@@H](C(=O)Nc2ccc(I)cc2)CCN1.Cl. The number of hydrogen-bond acceptors (Lipinski definition) is 2. The van der Waals surface area contributed by atoms with E-state index in [1.165, 1.54) is 3.57 Å². The Bertz CT molecular complexity index is 396. The molecule has 1 saturated heterocycles. The summed E-state index contributed by atoms with van der Waals surface area (Å²) >= 11 is 2.26. The minimum Gasteiger partial charge on any atom is -0.326 e. The number of halogens is 2. The smallest absolute Gasteiger partial charge is 0.227 e. The number of carbonyl (C=O) groups is 1. The van der Waals surface area contributed by atoms with E-state index in [9.17, 15) is 4.79 Å². The van der Waals surface area contributed by atoms with Crippen LogP contribution in [0, 0.1) is 9.49 Å². The van der Waals surface area contributed by atoms with E-state index in [-0.39, 0.29) is 24.2 Å². The third kappa shape index (κ3) is 4.40. The van der Waals surface area contributed by atoms with Crippen molar-refractivity contribution in [3.63, 3.8) is 0 Å². The van der Waals surface area contributed by atoms with Crippen LogP contribution in [-0.4, -0.2) is 18.5 Å². The lowest BCUT2D eigenvalue weighted by Crippen LogP contribution is -2.40. The zero-order chi connectivity index (χ0) is 12.3. The number of piperidine rings is 1. The molecule has 3 nitrogen and oxygen atoms in total. The number of benzene rings is 1. The van der Waals surface area contributed by atoms with E-state index in [0.29, 0.717) is 6.04 Å². The normalized spacial score (nSPS) is 23.0. The third-order valence-corrected chi connectivity index (χ3v) is 3.83. The molecule has 1 aliphatic rings. The molecule has 1 fully saturated rings. The highest BCUT2D eigenvalue weighted by Gasteiger charge is 2.24. The second-order valence-electron chi connectivity index (χ2n) is 4.57. The van der Waals surface area contributed by atoms with Crippen LogP contribution in [-0.2, 0) is 4.79 Å². The van der Waals surface area contributed by atoms with E-state index in [1.807, 2.05) is 24.3 Å². The summed E-state index contributed by atoms with van der Waals surface area (Å²) in [7, 11) is 0. The first kappa shape index (κ1) is 15.7. The van der Waals surface area contributed by atoms with Crippen LogP contribution < -0.4 is 10.6 Å². The predicted molar refractivity (Wildman–Crippen MR) is 85.2 cm³/mol. The van der Waals surface area contributed by atoms with Crippen LogP contribution in [0.4, 0.5) is 5.69 Å². The Morgan fingerprint density at radius 1 is 1.39 bits per heavy atom. The Morgan fingerprint density at radius 2 is 2.06 bits per heavy atom. The monoisotopic (exact) mass is 380 g/mol. The lowest BCUT2D eigenvalue weighted by molar-refractivity contribution is -0.120. The zero-order valence-electron chi connectivity index (χ0n) is 10.3. The fourth-order valence-electron chi connectivity index (χ4n) is 2.15. The number of nitrogens with one attached hydrogen (secondary N) is 2. The molecule has 0 radical (unpaired) electrons. The average molecular weight is 381 g/mol. The summed E-state index contributed by atoms with van der Waals surface area (Å²) < 4.78 is 1.18. The average Bonchev–Trinajstić information content (AvgIpc) is 2.32. The molecule has 100 valence electrons. The lowest BCUT2D eigenvalue weighted by Gasteiger charge is -2.27. The summed E-state index contributed by atoms with van der Waals surface area (Å²) in [6, 6.07) is 8.34. The molecular weight excluding hydrogens is 363 g/mol. The highest BCUT2D eigenvalue weighted by molar-refractivity contribution is 14.1. The summed E-state index contributed by atoms with van der Waals surface area (Å²) in [6.07, 6.45) is 1.86. The van der Waals surface area contributed by atoms with Gasteiger partial charge in [0, 0.05) is 21.2 Å². The van der Waals surface area contributed by atoms with Gasteiger partial charge in [-0.25, -0.2) is 0 Å². The van der Waals surface area contributed by atoms with Crippen molar-refractivity contribution in [3.05, 3.63) is 27.8 Å². The molecule has 0 unspecified atom stereocenters. The molecule has 2 rings (SSSR count). The number of hydrogen-bond donors (Lipinski definition) is 2. The molecule has 1 aromatic rings. The van der Waals surface area contributed by atoms with Gasteiger partial charge < -0.3 is 10.6 Å². The van der Waals surface area contributed by atoms with Crippen molar-refractivity contribution in [2.45, 2.75) is 25.8 Å². The Kier molecular flexibility index (Phi) is 6.38. The summed E-state index contributed by atoms with van der Waals surface area (Å²) in [5.74, 6) is 0.296. The topological polar surface area (TPSA) is 41.1 Å². The molecule has 1 aliphatic heterocycles. The molecule has 0 bridgehead atoms. The molecule has 1 amide bonds. The maximum atomic E-state index is 12.1. The molecule has 18 heavy (non-hydrogen) atoms. The van der Waals surface area contributed by atoms with Crippen LogP contribution >= 0.6 is 35.0 Å². The molecule has 1 heterocycles. The summed E-state index contributed by atoms with van der Waals surface area (Å²) in [6.45, 7) is 3.07. The van der Waals surface area contributed by atoms with Crippen molar-refractivity contribution in [2.75, 3.05) is 11.9 Å². The molecular formula is C13H18ClIN2O. The first-order valence-corrected chi connectivity index (χ1v) is 7.03. The Balaban J connectivity index is 0.00000162. The van der Waals surface area contributed by atoms with E-state index in [4.69, 9.17) is 0 Å². The minimum atomic E-state index is 0. The predicted octanol–water partition coefficient (Wildman–Crippen LogP) is 3.04. The summed E-state index contributed by atoms with van der Waals surface area (Å²) in [4.78, 5) is 12.1. The standard InChI is InChI=1S/C13H17IN2O.ClH/c1-9-8-10(6-7-15-9)13(17)16-12-4-2-11(14)3-5-12;/h2-5,9-10,15H,6-8H2,1H3,(H,16,17);1H/t9-,10-;/m0./s1. The van der Waals surface area contributed by atoms with Gasteiger partial charge in [-0.15, -0.1) is 12.4 Å². The lowest BCUT2D eigenvalue weighted by atomic mass is 9.92. The van der Waals surface area contributed by atoms with E-state index in [0.717, 1.165) is 25.1 Å². The molecule has 2 N–H and O–H groups in total. The Morgan fingerprint density at radius 3 is 2.67 bits per heavy atom. The first-order chi connectivity index (χ1) is 8.15. The molecule has 5 heteroatoms. The largest absolute Gasteiger partial charge is 0.326 e. The highest BCUT2D eigenvalue weighted by Crippen LogP contribution is 2.19. The molecule has 1 aromatic carbocycles. The van der Waals surface area contributed by atoms with Crippen molar-refractivity contribution in [1.82, 2.24) is 5.32 Å².